The lowest BCUT2D eigenvalue weighted by Gasteiger charge is -2.14. The molecule has 2 rings (SSSR count). The molecule has 1 heterocycles. The molecule has 0 saturated carbocycles. The van der Waals surface area contributed by atoms with E-state index in [2.05, 4.69) is 0 Å². The van der Waals surface area contributed by atoms with Crippen LogP contribution >= 0.6 is 11.8 Å². The van der Waals surface area contributed by atoms with E-state index in [1.54, 1.807) is 0 Å². The first-order valence-electron chi connectivity index (χ1n) is 5.49. The van der Waals surface area contributed by atoms with Gasteiger partial charge in [-0.15, -0.1) is 11.8 Å². The van der Waals surface area contributed by atoms with Gasteiger partial charge in [-0.05, 0) is 31.0 Å². The SMILES string of the molecule is CC1OCCC1Sc1c(F)cc(CO)cc1F. The fourth-order valence-corrected chi connectivity index (χ4v) is 2.96. The van der Waals surface area contributed by atoms with Gasteiger partial charge in [-0.1, -0.05) is 0 Å². The van der Waals surface area contributed by atoms with Crippen molar-refractivity contribution in [2.45, 2.75) is 36.2 Å². The van der Waals surface area contributed by atoms with Gasteiger partial charge in [0.05, 0.1) is 17.6 Å². The molecule has 2 nitrogen and oxygen atoms in total. The molecule has 1 N–H and O–H groups in total. The molecule has 5 heteroatoms. The molecule has 1 fully saturated rings. The molecule has 17 heavy (non-hydrogen) atoms. The predicted octanol–water partition coefficient (Wildman–Crippen LogP) is 2.73. The molecule has 94 valence electrons. The van der Waals surface area contributed by atoms with Crippen LogP contribution in [0.4, 0.5) is 8.78 Å². The van der Waals surface area contributed by atoms with Crippen LogP contribution in [0, 0.1) is 11.6 Å². The molecule has 0 amide bonds. The van der Waals surface area contributed by atoms with Gasteiger partial charge >= 0.3 is 0 Å². The van der Waals surface area contributed by atoms with Crippen molar-refractivity contribution in [1.29, 1.82) is 0 Å². The fourth-order valence-electron chi connectivity index (χ4n) is 1.83. The maximum absolute atomic E-state index is 13.7. The van der Waals surface area contributed by atoms with Gasteiger partial charge in [0.15, 0.2) is 0 Å². The maximum Gasteiger partial charge on any atom is 0.140 e. The molecule has 1 saturated heterocycles. The number of halogens is 2. The fraction of sp³-hybridized carbons (Fsp3) is 0.500. The van der Waals surface area contributed by atoms with Gasteiger partial charge < -0.3 is 9.84 Å². The Morgan fingerprint density at radius 1 is 1.41 bits per heavy atom. The molecular weight excluding hydrogens is 246 g/mol. The molecule has 0 radical (unpaired) electrons. The quantitative estimate of drug-likeness (QED) is 0.906. The van der Waals surface area contributed by atoms with Crippen molar-refractivity contribution in [1.82, 2.24) is 0 Å². The van der Waals surface area contributed by atoms with Crippen LogP contribution in [-0.4, -0.2) is 23.1 Å². The second-order valence-electron chi connectivity index (χ2n) is 4.07. The summed E-state index contributed by atoms with van der Waals surface area (Å²) in [5, 5.41) is 8.93. The van der Waals surface area contributed by atoms with E-state index in [-0.39, 0.29) is 28.4 Å². The second-order valence-corrected chi connectivity index (χ2v) is 5.32. The van der Waals surface area contributed by atoms with Crippen LogP contribution < -0.4 is 0 Å². The van der Waals surface area contributed by atoms with Crippen molar-refractivity contribution in [2.24, 2.45) is 0 Å². The normalized spacial score (nSPS) is 24.2. The monoisotopic (exact) mass is 260 g/mol. The van der Waals surface area contributed by atoms with Crippen molar-refractivity contribution >= 4 is 11.8 Å². The van der Waals surface area contributed by atoms with Gasteiger partial charge in [0, 0.05) is 11.9 Å². The summed E-state index contributed by atoms with van der Waals surface area (Å²) >= 11 is 1.18. The van der Waals surface area contributed by atoms with Gasteiger partial charge in [0.1, 0.15) is 11.6 Å². The lowest BCUT2D eigenvalue weighted by molar-refractivity contribution is 0.127. The molecule has 1 aromatic rings. The number of hydrogen-bond acceptors (Lipinski definition) is 3. The topological polar surface area (TPSA) is 29.5 Å². The Morgan fingerprint density at radius 3 is 2.53 bits per heavy atom. The van der Waals surface area contributed by atoms with Crippen molar-refractivity contribution in [3.63, 3.8) is 0 Å². The van der Waals surface area contributed by atoms with Crippen LogP contribution in [-0.2, 0) is 11.3 Å². The zero-order valence-corrected chi connectivity index (χ0v) is 10.3. The first-order valence-corrected chi connectivity index (χ1v) is 6.37. The first-order chi connectivity index (χ1) is 8.11. The lowest BCUT2D eigenvalue weighted by atomic mass is 10.2. The van der Waals surface area contributed by atoms with Gasteiger partial charge in [-0.25, -0.2) is 8.78 Å². The highest BCUT2D eigenvalue weighted by atomic mass is 32.2. The van der Waals surface area contributed by atoms with Crippen LogP contribution in [0.15, 0.2) is 17.0 Å². The van der Waals surface area contributed by atoms with Crippen molar-refractivity contribution in [3.8, 4) is 0 Å². The average molecular weight is 260 g/mol. The van der Waals surface area contributed by atoms with E-state index in [1.807, 2.05) is 6.92 Å². The second kappa shape index (κ2) is 5.33. The van der Waals surface area contributed by atoms with E-state index in [0.29, 0.717) is 6.61 Å². The maximum atomic E-state index is 13.7. The van der Waals surface area contributed by atoms with Gasteiger partial charge in [-0.3, -0.25) is 0 Å². The smallest absolute Gasteiger partial charge is 0.140 e. The molecular formula is C12H14F2O2S. The van der Waals surface area contributed by atoms with Crippen molar-refractivity contribution in [3.05, 3.63) is 29.3 Å². The van der Waals surface area contributed by atoms with Gasteiger partial charge in [0.2, 0.25) is 0 Å². The summed E-state index contributed by atoms with van der Waals surface area (Å²) in [6.45, 7) is 2.18. The number of thioether (sulfide) groups is 1. The highest BCUT2D eigenvalue weighted by Crippen LogP contribution is 2.35. The average Bonchev–Trinajstić information content (AvgIpc) is 2.69. The molecule has 1 aliphatic rings. The third-order valence-electron chi connectivity index (χ3n) is 2.82. The number of aliphatic hydroxyl groups is 1. The molecule has 1 aromatic carbocycles. The molecule has 0 bridgehead atoms. The standard InChI is InChI=1S/C12H14F2O2S/c1-7-11(2-3-16-7)17-12-9(13)4-8(6-15)5-10(12)14/h4-5,7,11,15H,2-3,6H2,1H3. The highest BCUT2D eigenvalue weighted by molar-refractivity contribution is 8.00. The van der Waals surface area contributed by atoms with Crippen molar-refractivity contribution < 1.29 is 18.6 Å². The number of rotatable bonds is 3. The van der Waals surface area contributed by atoms with Crippen LogP contribution in [0.1, 0.15) is 18.9 Å². The Kier molecular flexibility index (Phi) is 4.01. The van der Waals surface area contributed by atoms with E-state index in [4.69, 9.17) is 9.84 Å². The Balaban J connectivity index is 2.20. The minimum absolute atomic E-state index is 0.0105. The first kappa shape index (κ1) is 12.8. The molecule has 2 atom stereocenters. The highest BCUT2D eigenvalue weighted by Gasteiger charge is 2.27. The van der Waals surface area contributed by atoms with E-state index < -0.39 is 11.6 Å². The van der Waals surface area contributed by atoms with E-state index in [1.165, 1.54) is 23.9 Å². The largest absolute Gasteiger partial charge is 0.392 e. The Hall–Kier alpha value is -0.650. The Bertz CT molecular complexity index is 388. The lowest BCUT2D eigenvalue weighted by Crippen LogP contribution is -2.13. The third kappa shape index (κ3) is 2.78. The minimum atomic E-state index is -0.613. The summed E-state index contributed by atoms with van der Waals surface area (Å²) in [7, 11) is 0. The number of ether oxygens (including phenoxy) is 1. The van der Waals surface area contributed by atoms with Gasteiger partial charge in [-0.2, -0.15) is 0 Å². The van der Waals surface area contributed by atoms with E-state index >= 15 is 0 Å². The Labute approximate surface area is 103 Å². The zero-order chi connectivity index (χ0) is 12.4. The third-order valence-corrected chi connectivity index (χ3v) is 4.36. The predicted molar refractivity (Wildman–Crippen MR) is 62.0 cm³/mol. The number of benzene rings is 1. The molecule has 2 unspecified atom stereocenters. The van der Waals surface area contributed by atoms with E-state index in [9.17, 15) is 8.78 Å². The zero-order valence-electron chi connectivity index (χ0n) is 9.45. The number of hydrogen-bond donors (Lipinski definition) is 1. The van der Waals surface area contributed by atoms with Crippen LogP contribution in [0.25, 0.3) is 0 Å². The van der Waals surface area contributed by atoms with Gasteiger partial charge in [0.25, 0.3) is 0 Å². The summed E-state index contributed by atoms with van der Waals surface area (Å²) in [6.07, 6.45) is 0.809. The van der Waals surface area contributed by atoms with Crippen molar-refractivity contribution in [2.75, 3.05) is 6.61 Å². The molecule has 0 spiro atoms. The van der Waals surface area contributed by atoms with Crippen LogP contribution in [0.5, 0.6) is 0 Å². The molecule has 1 aliphatic heterocycles. The Morgan fingerprint density at radius 2 is 2.06 bits per heavy atom. The molecule has 0 aromatic heterocycles. The van der Waals surface area contributed by atoms with E-state index in [0.717, 1.165) is 6.42 Å². The summed E-state index contributed by atoms with van der Waals surface area (Å²) in [4.78, 5) is 0.0181. The summed E-state index contributed by atoms with van der Waals surface area (Å²) in [6, 6.07) is 2.35. The number of aliphatic hydroxyl groups excluding tert-OH is 1. The minimum Gasteiger partial charge on any atom is -0.392 e. The van der Waals surface area contributed by atoms with Crippen LogP contribution in [0.3, 0.4) is 0 Å². The van der Waals surface area contributed by atoms with Crippen LogP contribution in [0.2, 0.25) is 0 Å². The molecule has 0 aliphatic carbocycles. The summed E-state index contributed by atoms with van der Waals surface area (Å²) in [5.74, 6) is -1.23. The summed E-state index contributed by atoms with van der Waals surface area (Å²) < 4.78 is 32.7. The summed E-state index contributed by atoms with van der Waals surface area (Å²) in [5.41, 5.74) is 0.250.